The van der Waals surface area contributed by atoms with Crippen LogP contribution in [0, 0.1) is 15.9 Å². The summed E-state index contributed by atoms with van der Waals surface area (Å²) in [5.41, 5.74) is 1.81. The summed E-state index contributed by atoms with van der Waals surface area (Å²) in [4.78, 5) is 37.8. The van der Waals surface area contributed by atoms with Crippen LogP contribution >= 0.6 is 0 Å². The molecular formula is C22H21FN2O5. The SMILES string of the molecule is CCOC(=O)C1=C(C)N(Cc2ccc(F)cc2)C(=O)CC1c1cccc([N+](=O)[O-])c1. The van der Waals surface area contributed by atoms with E-state index in [9.17, 15) is 24.1 Å². The minimum atomic E-state index is -0.652. The number of carbonyl (C=O) groups is 2. The molecule has 0 saturated carbocycles. The standard InChI is InChI=1S/C22H21FN2O5/c1-3-30-22(27)21-14(2)24(13-15-7-9-17(23)10-8-15)20(26)12-19(21)16-5-4-6-18(11-16)25(28)29/h4-11,19H,3,12-13H2,1-2H3. The zero-order valence-corrected chi connectivity index (χ0v) is 16.6. The molecule has 3 rings (SSSR count). The van der Waals surface area contributed by atoms with Crippen molar-refractivity contribution >= 4 is 17.6 Å². The van der Waals surface area contributed by atoms with Crippen LogP contribution in [-0.2, 0) is 20.9 Å². The fourth-order valence-corrected chi connectivity index (χ4v) is 3.59. The molecule has 0 radical (unpaired) electrons. The number of ether oxygens (including phenoxy) is 1. The van der Waals surface area contributed by atoms with E-state index in [1.165, 1.54) is 35.2 Å². The van der Waals surface area contributed by atoms with Crippen molar-refractivity contribution in [1.82, 2.24) is 4.90 Å². The van der Waals surface area contributed by atoms with Crippen molar-refractivity contribution in [2.24, 2.45) is 0 Å². The van der Waals surface area contributed by atoms with Gasteiger partial charge in [-0.15, -0.1) is 0 Å². The number of rotatable bonds is 6. The number of esters is 1. The molecule has 0 aromatic heterocycles. The zero-order valence-electron chi connectivity index (χ0n) is 16.6. The summed E-state index contributed by atoms with van der Waals surface area (Å²) < 4.78 is 18.4. The van der Waals surface area contributed by atoms with Gasteiger partial charge in [-0.3, -0.25) is 14.9 Å². The van der Waals surface area contributed by atoms with Gasteiger partial charge in [0.1, 0.15) is 5.82 Å². The zero-order chi connectivity index (χ0) is 21.8. The van der Waals surface area contributed by atoms with Gasteiger partial charge in [-0.05, 0) is 37.1 Å². The Morgan fingerprint density at radius 3 is 2.60 bits per heavy atom. The Kier molecular flexibility index (Phi) is 6.25. The van der Waals surface area contributed by atoms with Crippen molar-refractivity contribution in [3.63, 3.8) is 0 Å². The third-order valence-electron chi connectivity index (χ3n) is 5.06. The van der Waals surface area contributed by atoms with Crippen LogP contribution in [0.1, 0.15) is 37.3 Å². The molecule has 1 amide bonds. The number of halogens is 1. The largest absolute Gasteiger partial charge is 0.463 e. The van der Waals surface area contributed by atoms with Gasteiger partial charge in [0.15, 0.2) is 0 Å². The third-order valence-corrected chi connectivity index (χ3v) is 5.06. The van der Waals surface area contributed by atoms with Crippen LogP contribution in [0.4, 0.5) is 10.1 Å². The Hall–Kier alpha value is -3.55. The number of amides is 1. The molecule has 1 aliphatic rings. The molecule has 1 unspecified atom stereocenters. The molecule has 1 atom stereocenters. The van der Waals surface area contributed by atoms with Crippen LogP contribution in [0.2, 0.25) is 0 Å². The highest BCUT2D eigenvalue weighted by molar-refractivity contribution is 5.95. The molecule has 8 heteroatoms. The number of hydrogen-bond donors (Lipinski definition) is 0. The van der Waals surface area contributed by atoms with Crippen molar-refractivity contribution in [2.75, 3.05) is 6.61 Å². The number of benzene rings is 2. The highest BCUT2D eigenvalue weighted by atomic mass is 19.1. The third kappa shape index (κ3) is 4.37. The summed E-state index contributed by atoms with van der Waals surface area (Å²) in [5.74, 6) is -1.83. The maximum absolute atomic E-state index is 13.2. The number of carbonyl (C=O) groups excluding carboxylic acids is 2. The van der Waals surface area contributed by atoms with Crippen LogP contribution in [-0.4, -0.2) is 28.3 Å². The van der Waals surface area contributed by atoms with Crippen molar-refractivity contribution in [3.8, 4) is 0 Å². The first-order chi connectivity index (χ1) is 14.3. The average Bonchev–Trinajstić information content (AvgIpc) is 2.72. The maximum Gasteiger partial charge on any atom is 0.336 e. The van der Waals surface area contributed by atoms with Crippen LogP contribution in [0.3, 0.4) is 0 Å². The Balaban J connectivity index is 2.04. The van der Waals surface area contributed by atoms with E-state index in [-0.39, 0.29) is 37.0 Å². The van der Waals surface area contributed by atoms with Gasteiger partial charge >= 0.3 is 5.97 Å². The molecule has 0 spiro atoms. The predicted octanol–water partition coefficient (Wildman–Crippen LogP) is 4.09. The fraction of sp³-hybridized carbons (Fsp3) is 0.273. The summed E-state index contributed by atoms with van der Waals surface area (Å²) in [6.07, 6.45) is -0.0339. The summed E-state index contributed by atoms with van der Waals surface area (Å²) in [6.45, 7) is 3.66. The van der Waals surface area contributed by atoms with E-state index in [1.54, 1.807) is 32.0 Å². The molecule has 1 heterocycles. The topological polar surface area (TPSA) is 89.8 Å². The van der Waals surface area contributed by atoms with Crippen molar-refractivity contribution in [1.29, 1.82) is 0 Å². The molecule has 0 saturated heterocycles. The number of allylic oxidation sites excluding steroid dienone is 1. The normalized spacial score (nSPS) is 16.6. The number of nitro benzene ring substituents is 1. The van der Waals surface area contributed by atoms with Gasteiger partial charge in [-0.25, -0.2) is 9.18 Å². The Labute approximate surface area is 172 Å². The molecule has 0 bridgehead atoms. The van der Waals surface area contributed by atoms with Gasteiger partial charge in [0, 0.05) is 30.2 Å². The molecule has 2 aromatic rings. The van der Waals surface area contributed by atoms with Gasteiger partial charge in [0.05, 0.1) is 23.6 Å². The highest BCUT2D eigenvalue weighted by Gasteiger charge is 2.37. The minimum Gasteiger partial charge on any atom is -0.463 e. The molecule has 1 aliphatic heterocycles. The second kappa shape index (κ2) is 8.86. The van der Waals surface area contributed by atoms with E-state index in [4.69, 9.17) is 4.74 Å². The van der Waals surface area contributed by atoms with E-state index in [0.29, 0.717) is 22.4 Å². The summed E-state index contributed by atoms with van der Waals surface area (Å²) >= 11 is 0. The lowest BCUT2D eigenvalue weighted by Crippen LogP contribution is -2.38. The summed E-state index contributed by atoms with van der Waals surface area (Å²) in [5, 5.41) is 11.2. The first kappa shape index (κ1) is 21.2. The van der Waals surface area contributed by atoms with Crippen LogP contribution in [0.5, 0.6) is 0 Å². The molecule has 7 nitrogen and oxygen atoms in total. The quantitative estimate of drug-likeness (QED) is 0.405. The molecule has 30 heavy (non-hydrogen) atoms. The maximum atomic E-state index is 13.2. The fourth-order valence-electron chi connectivity index (χ4n) is 3.59. The monoisotopic (exact) mass is 412 g/mol. The van der Waals surface area contributed by atoms with Gasteiger partial charge in [-0.1, -0.05) is 24.3 Å². The smallest absolute Gasteiger partial charge is 0.336 e. The first-order valence-electron chi connectivity index (χ1n) is 9.48. The van der Waals surface area contributed by atoms with E-state index < -0.39 is 16.8 Å². The summed E-state index contributed by atoms with van der Waals surface area (Å²) in [6, 6.07) is 11.7. The lowest BCUT2D eigenvalue weighted by atomic mass is 9.83. The predicted molar refractivity (Wildman–Crippen MR) is 107 cm³/mol. The average molecular weight is 412 g/mol. The molecule has 156 valence electrons. The molecule has 0 fully saturated rings. The van der Waals surface area contributed by atoms with Crippen LogP contribution < -0.4 is 0 Å². The molecule has 0 aliphatic carbocycles. The van der Waals surface area contributed by atoms with Crippen molar-refractivity contribution in [3.05, 3.63) is 86.9 Å². The van der Waals surface area contributed by atoms with Gasteiger partial charge in [0.2, 0.25) is 5.91 Å². The van der Waals surface area contributed by atoms with E-state index in [0.717, 1.165) is 0 Å². The minimum absolute atomic E-state index is 0.0339. The van der Waals surface area contributed by atoms with Crippen LogP contribution in [0.15, 0.2) is 59.8 Å². The van der Waals surface area contributed by atoms with E-state index in [1.807, 2.05) is 0 Å². The Morgan fingerprint density at radius 2 is 1.97 bits per heavy atom. The number of nitrogens with zero attached hydrogens (tertiary/aromatic N) is 2. The second-order valence-electron chi connectivity index (χ2n) is 6.93. The number of nitro groups is 1. The molecule has 0 N–H and O–H groups in total. The molecular weight excluding hydrogens is 391 g/mol. The van der Waals surface area contributed by atoms with E-state index in [2.05, 4.69) is 0 Å². The lowest BCUT2D eigenvalue weighted by Gasteiger charge is -2.34. The summed E-state index contributed by atoms with van der Waals surface area (Å²) in [7, 11) is 0. The van der Waals surface area contributed by atoms with Gasteiger partial charge in [0.25, 0.3) is 5.69 Å². The second-order valence-corrected chi connectivity index (χ2v) is 6.93. The number of hydrogen-bond acceptors (Lipinski definition) is 5. The van der Waals surface area contributed by atoms with Gasteiger partial charge < -0.3 is 9.64 Å². The van der Waals surface area contributed by atoms with Gasteiger partial charge in [-0.2, -0.15) is 0 Å². The molecule has 2 aromatic carbocycles. The van der Waals surface area contributed by atoms with Crippen molar-refractivity contribution < 1.29 is 23.6 Å². The number of non-ortho nitro benzene ring substituents is 1. The Bertz CT molecular complexity index is 1020. The van der Waals surface area contributed by atoms with E-state index >= 15 is 0 Å². The first-order valence-corrected chi connectivity index (χ1v) is 9.48. The Morgan fingerprint density at radius 1 is 1.27 bits per heavy atom. The van der Waals surface area contributed by atoms with Crippen LogP contribution in [0.25, 0.3) is 0 Å². The highest BCUT2D eigenvalue weighted by Crippen LogP contribution is 2.38. The lowest BCUT2D eigenvalue weighted by molar-refractivity contribution is -0.384. The van der Waals surface area contributed by atoms with Crippen molar-refractivity contribution in [2.45, 2.75) is 32.7 Å².